The highest BCUT2D eigenvalue weighted by atomic mass is 16.5. The van der Waals surface area contributed by atoms with Crippen molar-refractivity contribution >= 4 is 0 Å². The van der Waals surface area contributed by atoms with Crippen molar-refractivity contribution in [1.82, 2.24) is 10.2 Å². The summed E-state index contributed by atoms with van der Waals surface area (Å²) >= 11 is 0. The predicted molar refractivity (Wildman–Crippen MR) is 79.1 cm³/mol. The number of hydrogen-bond donors (Lipinski definition) is 1. The Labute approximate surface area is 116 Å². The van der Waals surface area contributed by atoms with Gasteiger partial charge >= 0.3 is 0 Å². The minimum Gasteiger partial charge on any atom is -0.380 e. The van der Waals surface area contributed by atoms with Crippen molar-refractivity contribution in [2.45, 2.75) is 39.0 Å². The van der Waals surface area contributed by atoms with Crippen molar-refractivity contribution in [3.8, 4) is 0 Å². The van der Waals surface area contributed by atoms with Crippen LogP contribution in [0.25, 0.3) is 0 Å². The molecule has 0 amide bonds. The molecule has 0 bridgehead atoms. The Kier molecular flexibility index (Phi) is 5.83. The largest absolute Gasteiger partial charge is 0.380 e. The van der Waals surface area contributed by atoms with E-state index in [1.807, 2.05) is 0 Å². The van der Waals surface area contributed by atoms with Crippen LogP contribution in [0.1, 0.15) is 30.9 Å². The van der Waals surface area contributed by atoms with E-state index in [4.69, 9.17) is 4.74 Å². The minimum absolute atomic E-state index is 0.690. The van der Waals surface area contributed by atoms with Crippen molar-refractivity contribution in [2.75, 3.05) is 26.7 Å². The fourth-order valence-corrected chi connectivity index (χ4v) is 2.86. The minimum atomic E-state index is 0.690. The van der Waals surface area contributed by atoms with E-state index in [1.54, 1.807) is 7.11 Å². The smallest absolute Gasteiger partial charge is 0.0716 e. The van der Waals surface area contributed by atoms with Crippen LogP contribution in [0.3, 0.4) is 0 Å². The lowest BCUT2D eigenvalue weighted by atomic mass is 10.1. The van der Waals surface area contributed by atoms with E-state index in [1.165, 1.54) is 30.5 Å². The van der Waals surface area contributed by atoms with Gasteiger partial charge in [0.25, 0.3) is 0 Å². The van der Waals surface area contributed by atoms with Gasteiger partial charge in [-0.15, -0.1) is 0 Å². The van der Waals surface area contributed by atoms with Gasteiger partial charge in [0.2, 0.25) is 0 Å². The summed E-state index contributed by atoms with van der Waals surface area (Å²) < 4.78 is 5.30. The number of hydrogen-bond acceptors (Lipinski definition) is 3. The first-order valence-corrected chi connectivity index (χ1v) is 7.35. The molecule has 106 valence electrons. The predicted octanol–water partition coefficient (Wildman–Crippen LogP) is 2.41. The number of methoxy groups -OCH3 is 1. The van der Waals surface area contributed by atoms with Gasteiger partial charge in [-0.2, -0.15) is 0 Å². The van der Waals surface area contributed by atoms with Gasteiger partial charge in [-0.3, -0.25) is 4.90 Å². The van der Waals surface area contributed by atoms with Gasteiger partial charge in [0.15, 0.2) is 0 Å². The molecule has 1 saturated heterocycles. The molecule has 1 aromatic carbocycles. The Hall–Kier alpha value is -0.900. The summed E-state index contributed by atoms with van der Waals surface area (Å²) in [5.74, 6) is 0. The Morgan fingerprint density at radius 1 is 1.32 bits per heavy atom. The zero-order valence-electron chi connectivity index (χ0n) is 12.2. The van der Waals surface area contributed by atoms with Crippen molar-refractivity contribution in [2.24, 2.45) is 0 Å². The lowest BCUT2D eigenvalue weighted by Gasteiger charge is -2.28. The van der Waals surface area contributed by atoms with E-state index < -0.39 is 0 Å². The second-order valence-electron chi connectivity index (χ2n) is 5.32. The summed E-state index contributed by atoms with van der Waals surface area (Å²) in [4.78, 5) is 2.62. The highest BCUT2D eigenvalue weighted by molar-refractivity contribution is 5.26. The Morgan fingerprint density at radius 2 is 2.11 bits per heavy atom. The second-order valence-corrected chi connectivity index (χ2v) is 5.32. The average Bonchev–Trinajstić information content (AvgIpc) is 2.94. The molecule has 19 heavy (non-hydrogen) atoms. The van der Waals surface area contributed by atoms with E-state index in [0.29, 0.717) is 12.6 Å². The number of benzene rings is 1. The van der Waals surface area contributed by atoms with Crippen molar-refractivity contribution in [1.29, 1.82) is 0 Å². The third kappa shape index (κ3) is 4.03. The summed E-state index contributed by atoms with van der Waals surface area (Å²) in [6, 6.07) is 9.33. The van der Waals surface area contributed by atoms with Crippen LogP contribution < -0.4 is 5.32 Å². The molecular weight excluding hydrogens is 236 g/mol. The molecular formula is C16H26N2O. The third-order valence-corrected chi connectivity index (χ3v) is 3.85. The van der Waals surface area contributed by atoms with Crippen LogP contribution in [-0.4, -0.2) is 37.7 Å². The molecule has 0 saturated carbocycles. The standard InChI is InChI=1S/C16H26N2O/c1-3-10-18(16-8-9-17-11-16)12-14-6-4-5-7-15(14)13-19-2/h4-7,16-17H,3,8-13H2,1-2H3. The number of ether oxygens (including phenoxy) is 1. The van der Waals surface area contributed by atoms with Gasteiger partial charge in [-0.25, -0.2) is 0 Å². The van der Waals surface area contributed by atoms with Gasteiger partial charge in [0, 0.05) is 26.2 Å². The molecule has 0 spiro atoms. The first-order valence-electron chi connectivity index (χ1n) is 7.35. The first-order chi connectivity index (χ1) is 9.35. The zero-order valence-corrected chi connectivity index (χ0v) is 12.2. The van der Waals surface area contributed by atoms with Crippen LogP contribution >= 0.6 is 0 Å². The lowest BCUT2D eigenvalue weighted by molar-refractivity contribution is 0.176. The Balaban J connectivity index is 2.07. The van der Waals surface area contributed by atoms with Crippen LogP contribution in [-0.2, 0) is 17.9 Å². The topological polar surface area (TPSA) is 24.5 Å². The number of nitrogens with one attached hydrogen (secondary N) is 1. The van der Waals surface area contributed by atoms with Crippen molar-refractivity contribution < 1.29 is 4.74 Å². The van der Waals surface area contributed by atoms with Gasteiger partial charge in [0.1, 0.15) is 0 Å². The Morgan fingerprint density at radius 3 is 2.74 bits per heavy atom. The summed E-state index contributed by atoms with van der Waals surface area (Å²) in [7, 11) is 1.77. The highest BCUT2D eigenvalue weighted by Crippen LogP contribution is 2.17. The van der Waals surface area contributed by atoms with E-state index in [-0.39, 0.29) is 0 Å². The SMILES string of the molecule is CCCN(Cc1ccccc1COC)C1CCNC1. The molecule has 1 aromatic rings. The molecule has 3 heteroatoms. The molecule has 2 rings (SSSR count). The molecule has 1 aliphatic heterocycles. The molecule has 0 aromatic heterocycles. The monoisotopic (exact) mass is 262 g/mol. The van der Waals surface area contributed by atoms with E-state index in [2.05, 4.69) is 41.4 Å². The maximum Gasteiger partial charge on any atom is 0.0716 e. The molecule has 0 radical (unpaired) electrons. The Bertz CT molecular complexity index is 375. The fraction of sp³-hybridized carbons (Fsp3) is 0.625. The van der Waals surface area contributed by atoms with E-state index >= 15 is 0 Å². The lowest BCUT2D eigenvalue weighted by Crippen LogP contribution is -2.37. The van der Waals surface area contributed by atoms with Crippen LogP contribution in [0.2, 0.25) is 0 Å². The summed E-state index contributed by atoms with van der Waals surface area (Å²) in [5, 5.41) is 3.47. The molecule has 1 unspecified atom stereocenters. The van der Waals surface area contributed by atoms with Crippen LogP contribution in [0.15, 0.2) is 24.3 Å². The second kappa shape index (κ2) is 7.63. The molecule has 0 aliphatic carbocycles. The quantitative estimate of drug-likeness (QED) is 0.816. The van der Waals surface area contributed by atoms with Crippen molar-refractivity contribution in [3.05, 3.63) is 35.4 Å². The highest BCUT2D eigenvalue weighted by Gasteiger charge is 2.22. The zero-order chi connectivity index (χ0) is 13.5. The average molecular weight is 262 g/mol. The van der Waals surface area contributed by atoms with Crippen molar-refractivity contribution in [3.63, 3.8) is 0 Å². The fourth-order valence-electron chi connectivity index (χ4n) is 2.86. The summed E-state index contributed by atoms with van der Waals surface area (Å²) in [5.41, 5.74) is 2.72. The molecule has 1 aliphatic rings. The molecule has 3 nitrogen and oxygen atoms in total. The third-order valence-electron chi connectivity index (χ3n) is 3.85. The molecule has 1 N–H and O–H groups in total. The normalized spacial score (nSPS) is 19.2. The van der Waals surface area contributed by atoms with E-state index in [0.717, 1.165) is 19.6 Å². The summed E-state index contributed by atoms with van der Waals surface area (Å²) in [6.07, 6.45) is 2.48. The van der Waals surface area contributed by atoms with Gasteiger partial charge in [-0.1, -0.05) is 31.2 Å². The van der Waals surface area contributed by atoms with Crippen LogP contribution in [0.5, 0.6) is 0 Å². The maximum atomic E-state index is 5.30. The summed E-state index contributed by atoms with van der Waals surface area (Å²) in [6.45, 7) is 7.47. The molecule has 1 fully saturated rings. The number of nitrogens with zero attached hydrogens (tertiary/aromatic N) is 1. The van der Waals surface area contributed by atoms with Crippen LogP contribution in [0, 0.1) is 0 Å². The molecule has 1 heterocycles. The van der Waals surface area contributed by atoms with Gasteiger partial charge < -0.3 is 10.1 Å². The maximum absolute atomic E-state index is 5.30. The first kappa shape index (κ1) is 14.5. The van der Waals surface area contributed by atoms with Crippen LogP contribution in [0.4, 0.5) is 0 Å². The van der Waals surface area contributed by atoms with Gasteiger partial charge in [0.05, 0.1) is 6.61 Å². The van der Waals surface area contributed by atoms with E-state index in [9.17, 15) is 0 Å². The number of rotatable bonds is 7. The molecule has 1 atom stereocenters. The van der Waals surface area contributed by atoms with Gasteiger partial charge in [-0.05, 0) is 37.1 Å².